The molecule has 0 spiro atoms. The standard InChI is InChI=1S/C13H29O4PSi/c1-13(2,3)19(6,7)17-10-8-12(18(4,5)15)16-11(10)9-14/h10-12,14H,8-9H2,1-7H3/t10-,11+,12-/m0/s1. The second-order valence-corrected chi connectivity index (χ2v) is 15.6. The molecular weight excluding hydrogens is 279 g/mol. The van der Waals surface area contributed by atoms with Crippen molar-refractivity contribution in [3.63, 3.8) is 0 Å². The van der Waals surface area contributed by atoms with Gasteiger partial charge in [-0.15, -0.1) is 0 Å². The van der Waals surface area contributed by atoms with E-state index in [1.165, 1.54) is 0 Å². The topological polar surface area (TPSA) is 55.8 Å². The van der Waals surface area contributed by atoms with Crippen LogP contribution in [0.1, 0.15) is 27.2 Å². The zero-order valence-corrected chi connectivity index (χ0v) is 15.2. The van der Waals surface area contributed by atoms with Crippen molar-refractivity contribution in [3.8, 4) is 0 Å². The van der Waals surface area contributed by atoms with Crippen molar-refractivity contribution >= 4 is 15.5 Å². The van der Waals surface area contributed by atoms with E-state index in [2.05, 4.69) is 33.9 Å². The molecule has 6 heteroatoms. The lowest BCUT2D eigenvalue weighted by Crippen LogP contribution is -2.46. The van der Waals surface area contributed by atoms with Gasteiger partial charge in [-0.3, -0.25) is 0 Å². The summed E-state index contributed by atoms with van der Waals surface area (Å²) in [5.74, 6) is -0.278. The molecule has 0 amide bonds. The van der Waals surface area contributed by atoms with Crippen molar-refractivity contribution in [2.75, 3.05) is 19.9 Å². The molecule has 1 saturated heterocycles. The van der Waals surface area contributed by atoms with E-state index in [0.717, 1.165) is 0 Å². The number of hydrogen-bond acceptors (Lipinski definition) is 4. The molecule has 1 aliphatic rings. The molecule has 1 aliphatic heterocycles. The van der Waals surface area contributed by atoms with Crippen LogP contribution in [0, 0.1) is 0 Å². The van der Waals surface area contributed by atoms with Crippen molar-refractivity contribution < 1.29 is 18.8 Å². The lowest BCUT2D eigenvalue weighted by atomic mass is 10.2. The van der Waals surface area contributed by atoms with Crippen molar-refractivity contribution in [2.24, 2.45) is 0 Å². The van der Waals surface area contributed by atoms with Crippen LogP contribution in [0.3, 0.4) is 0 Å². The summed E-state index contributed by atoms with van der Waals surface area (Å²) >= 11 is 0. The normalized spacial score (nSPS) is 29.8. The number of ether oxygens (including phenoxy) is 1. The molecule has 0 unspecified atom stereocenters. The molecule has 114 valence electrons. The van der Waals surface area contributed by atoms with Crippen LogP contribution in [0.4, 0.5) is 0 Å². The lowest BCUT2D eigenvalue weighted by Gasteiger charge is -2.39. The number of aliphatic hydroxyl groups excluding tert-OH is 1. The van der Waals surface area contributed by atoms with E-state index in [9.17, 15) is 9.67 Å². The highest BCUT2D eigenvalue weighted by Crippen LogP contribution is 2.50. The average Bonchev–Trinajstić information content (AvgIpc) is 2.57. The van der Waals surface area contributed by atoms with Gasteiger partial charge in [0.1, 0.15) is 19.1 Å². The Balaban J connectivity index is 2.81. The second kappa shape index (κ2) is 5.61. The van der Waals surface area contributed by atoms with E-state index in [1.54, 1.807) is 13.3 Å². The maximum atomic E-state index is 12.1. The maximum Gasteiger partial charge on any atom is 0.192 e. The van der Waals surface area contributed by atoms with E-state index in [1.807, 2.05) is 0 Å². The number of rotatable bonds is 4. The van der Waals surface area contributed by atoms with Gasteiger partial charge in [0.2, 0.25) is 0 Å². The molecule has 0 aromatic rings. The fourth-order valence-corrected chi connectivity index (χ4v) is 4.46. The maximum absolute atomic E-state index is 12.1. The summed E-state index contributed by atoms with van der Waals surface area (Å²) in [6, 6.07) is 0. The summed E-state index contributed by atoms with van der Waals surface area (Å²) in [6.07, 6.45) is 0.152. The average molecular weight is 308 g/mol. The van der Waals surface area contributed by atoms with Crippen LogP contribution >= 0.6 is 7.14 Å². The molecular formula is C13H29O4PSi. The summed E-state index contributed by atoms with van der Waals surface area (Å²) in [5.41, 5.74) is 0. The molecule has 1 fully saturated rings. The molecule has 0 bridgehead atoms. The van der Waals surface area contributed by atoms with Crippen LogP contribution in [-0.2, 0) is 13.7 Å². The monoisotopic (exact) mass is 308 g/mol. The Morgan fingerprint density at radius 3 is 2.26 bits per heavy atom. The molecule has 0 radical (unpaired) electrons. The van der Waals surface area contributed by atoms with Crippen molar-refractivity contribution in [3.05, 3.63) is 0 Å². The first-order valence-corrected chi connectivity index (χ1v) is 12.4. The van der Waals surface area contributed by atoms with E-state index < -0.39 is 15.5 Å². The molecule has 19 heavy (non-hydrogen) atoms. The minimum atomic E-state index is -2.31. The fourth-order valence-electron chi connectivity index (χ4n) is 1.94. The number of aliphatic hydroxyl groups is 1. The summed E-state index contributed by atoms with van der Waals surface area (Å²) in [4.78, 5) is 0. The molecule has 0 saturated carbocycles. The Hall–Kier alpha value is 0.327. The second-order valence-electron chi connectivity index (χ2n) is 7.40. The Kier molecular flexibility index (Phi) is 5.13. The van der Waals surface area contributed by atoms with Crippen molar-refractivity contribution in [2.45, 2.75) is 63.4 Å². The minimum Gasteiger partial charge on any atom is -0.411 e. The third-order valence-corrected chi connectivity index (χ3v) is 10.5. The molecule has 0 aliphatic carbocycles. The largest absolute Gasteiger partial charge is 0.411 e. The zero-order chi connectivity index (χ0) is 15.1. The van der Waals surface area contributed by atoms with E-state index in [-0.39, 0.29) is 29.7 Å². The fraction of sp³-hybridized carbons (Fsp3) is 1.00. The van der Waals surface area contributed by atoms with Crippen LogP contribution in [0.5, 0.6) is 0 Å². The molecule has 1 heterocycles. The van der Waals surface area contributed by atoms with E-state index in [0.29, 0.717) is 6.42 Å². The van der Waals surface area contributed by atoms with Crippen molar-refractivity contribution in [1.82, 2.24) is 0 Å². The first-order valence-electron chi connectivity index (χ1n) is 6.87. The summed E-state index contributed by atoms with van der Waals surface area (Å²) < 4.78 is 24.2. The SMILES string of the molecule is CC(C)(C)[Si](C)(C)O[C@H]1C[C@H](P(C)(C)=O)O[C@@H]1CO. The first-order chi connectivity index (χ1) is 8.38. The molecule has 4 nitrogen and oxygen atoms in total. The highest BCUT2D eigenvalue weighted by molar-refractivity contribution is 7.62. The van der Waals surface area contributed by atoms with Gasteiger partial charge in [0.15, 0.2) is 8.32 Å². The predicted octanol–water partition coefficient (Wildman–Crippen LogP) is 3.11. The Morgan fingerprint density at radius 2 is 1.89 bits per heavy atom. The van der Waals surface area contributed by atoms with Gasteiger partial charge in [0.25, 0.3) is 0 Å². The Morgan fingerprint density at radius 1 is 1.37 bits per heavy atom. The molecule has 1 rings (SSSR count). The molecule has 0 aromatic carbocycles. The van der Waals surface area contributed by atoms with Crippen LogP contribution in [0.15, 0.2) is 0 Å². The van der Waals surface area contributed by atoms with Gasteiger partial charge >= 0.3 is 0 Å². The van der Waals surface area contributed by atoms with Gasteiger partial charge in [-0.05, 0) is 31.5 Å². The number of hydrogen-bond donors (Lipinski definition) is 1. The first kappa shape index (κ1) is 17.4. The van der Waals surface area contributed by atoms with Gasteiger partial charge in [0.05, 0.1) is 12.7 Å². The Labute approximate surface area is 118 Å². The summed E-state index contributed by atoms with van der Waals surface area (Å²) in [6.45, 7) is 14.3. The molecule has 3 atom stereocenters. The highest BCUT2D eigenvalue weighted by atomic mass is 31.2. The smallest absolute Gasteiger partial charge is 0.192 e. The lowest BCUT2D eigenvalue weighted by molar-refractivity contribution is -0.000610. The highest BCUT2D eigenvalue weighted by Gasteiger charge is 2.46. The van der Waals surface area contributed by atoms with Gasteiger partial charge in [-0.1, -0.05) is 20.8 Å². The predicted molar refractivity (Wildman–Crippen MR) is 81.9 cm³/mol. The van der Waals surface area contributed by atoms with Crippen LogP contribution in [0.2, 0.25) is 18.1 Å². The van der Waals surface area contributed by atoms with Crippen LogP contribution < -0.4 is 0 Å². The van der Waals surface area contributed by atoms with Gasteiger partial charge < -0.3 is 18.8 Å². The zero-order valence-electron chi connectivity index (χ0n) is 13.3. The van der Waals surface area contributed by atoms with Crippen LogP contribution in [-0.4, -0.2) is 51.4 Å². The van der Waals surface area contributed by atoms with Crippen LogP contribution in [0.25, 0.3) is 0 Å². The summed E-state index contributed by atoms with van der Waals surface area (Å²) in [7, 11) is -4.20. The van der Waals surface area contributed by atoms with Gasteiger partial charge in [0, 0.05) is 6.42 Å². The van der Waals surface area contributed by atoms with Gasteiger partial charge in [-0.25, -0.2) is 0 Å². The minimum absolute atomic E-state index is 0.0736. The van der Waals surface area contributed by atoms with E-state index in [4.69, 9.17) is 9.16 Å². The third-order valence-electron chi connectivity index (χ3n) is 4.31. The van der Waals surface area contributed by atoms with Gasteiger partial charge in [-0.2, -0.15) is 0 Å². The summed E-state index contributed by atoms with van der Waals surface area (Å²) in [5, 5.41) is 9.56. The molecule has 0 aromatic heterocycles. The van der Waals surface area contributed by atoms with Crippen molar-refractivity contribution in [1.29, 1.82) is 0 Å². The molecule has 1 N–H and O–H groups in total. The quantitative estimate of drug-likeness (QED) is 0.640. The van der Waals surface area contributed by atoms with E-state index >= 15 is 0 Å². The third kappa shape index (κ3) is 4.15. The Bertz CT molecular complexity index is 358.